The Hall–Kier alpha value is -2.99. The number of carbonyl (C=O) groups is 2. The molecule has 1 aromatic carbocycles. The van der Waals surface area contributed by atoms with Crippen LogP contribution in [0.3, 0.4) is 0 Å². The summed E-state index contributed by atoms with van der Waals surface area (Å²) in [6.07, 6.45) is 0. The highest BCUT2D eigenvalue weighted by Gasteiger charge is 2.19. The molecule has 0 aliphatic heterocycles. The van der Waals surface area contributed by atoms with E-state index in [1.54, 1.807) is 0 Å². The minimum absolute atomic E-state index is 0.103. The summed E-state index contributed by atoms with van der Waals surface area (Å²) in [5, 5.41) is 10.5. The summed E-state index contributed by atoms with van der Waals surface area (Å²) in [7, 11) is 2.19. The molecule has 0 fully saturated rings. The fourth-order valence-corrected chi connectivity index (χ4v) is 1.15. The lowest BCUT2D eigenvalue weighted by atomic mass is 10.3. The van der Waals surface area contributed by atoms with Crippen LogP contribution in [0.2, 0.25) is 0 Å². The van der Waals surface area contributed by atoms with Crippen molar-refractivity contribution >= 4 is 29.2 Å². The first-order chi connectivity index (χ1) is 9.49. The number of nitro groups is 1. The van der Waals surface area contributed by atoms with Gasteiger partial charge in [0.2, 0.25) is 5.57 Å². The third-order valence-corrected chi connectivity index (χ3v) is 2.14. The second-order valence-corrected chi connectivity index (χ2v) is 3.36. The summed E-state index contributed by atoms with van der Waals surface area (Å²) < 4.78 is 8.77. The van der Waals surface area contributed by atoms with Crippen molar-refractivity contribution in [2.75, 3.05) is 14.2 Å². The number of non-ortho nitro benzene ring substituents is 1. The van der Waals surface area contributed by atoms with Crippen LogP contribution >= 0.6 is 0 Å². The van der Waals surface area contributed by atoms with Gasteiger partial charge < -0.3 is 9.47 Å². The van der Waals surface area contributed by atoms with Crippen LogP contribution in [0.25, 0.3) is 0 Å². The molecule has 0 aliphatic rings. The molecule has 0 amide bonds. The summed E-state index contributed by atoms with van der Waals surface area (Å²) >= 11 is 0. The second kappa shape index (κ2) is 6.81. The Morgan fingerprint density at radius 1 is 1.15 bits per heavy atom. The molecule has 0 atom stereocenters. The van der Waals surface area contributed by atoms with Crippen molar-refractivity contribution in [3.8, 4) is 0 Å². The van der Waals surface area contributed by atoms with E-state index in [1.807, 2.05) is 0 Å². The Labute approximate surface area is 113 Å². The van der Waals surface area contributed by atoms with Crippen molar-refractivity contribution in [2.24, 2.45) is 4.99 Å². The van der Waals surface area contributed by atoms with Gasteiger partial charge in [0.25, 0.3) is 5.69 Å². The molecule has 0 N–H and O–H groups in total. The maximum Gasteiger partial charge on any atom is 0.354 e. The van der Waals surface area contributed by atoms with Gasteiger partial charge in [-0.2, -0.15) is 0 Å². The molecule has 0 aliphatic carbocycles. The summed E-state index contributed by atoms with van der Waals surface area (Å²) in [5.74, 6) is 0.325. The highest BCUT2D eigenvalue weighted by atomic mass is 16.6. The molecule has 0 saturated heterocycles. The molecule has 1 aromatic rings. The van der Waals surface area contributed by atoms with Gasteiger partial charge in [0.1, 0.15) is 0 Å². The molecule has 0 unspecified atom stereocenters. The average Bonchev–Trinajstić information content (AvgIpc) is 2.47. The zero-order valence-electron chi connectivity index (χ0n) is 10.7. The minimum Gasteiger partial charge on any atom is -0.465 e. The van der Waals surface area contributed by atoms with Crippen LogP contribution in [-0.4, -0.2) is 37.0 Å². The van der Waals surface area contributed by atoms with Gasteiger partial charge in [0, 0.05) is 18.0 Å². The maximum atomic E-state index is 11.3. The van der Waals surface area contributed by atoms with Crippen LogP contribution in [0, 0.1) is 10.1 Å². The van der Waals surface area contributed by atoms with E-state index in [1.165, 1.54) is 24.3 Å². The molecule has 8 heteroatoms. The minimum atomic E-state index is -0.942. The standard InChI is InChI=1S/C12H10N2O6/c1-19-11(15)10(12(16)20-2)7-13-8-3-5-9(6-4-8)14(17)18/h3-6H,1-2H3. The number of rotatable bonds is 4. The first kappa shape index (κ1) is 15.1. The highest BCUT2D eigenvalue weighted by molar-refractivity contribution is 6.21. The van der Waals surface area contributed by atoms with Gasteiger partial charge in [-0.05, 0) is 12.1 Å². The van der Waals surface area contributed by atoms with Gasteiger partial charge in [-0.15, -0.1) is 0 Å². The Balaban J connectivity index is 3.12. The lowest BCUT2D eigenvalue weighted by molar-refractivity contribution is -0.384. The van der Waals surface area contributed by atoms with Crippen molar-refractivity contribution in [3.05, 3.63) is 40.0 Å². The van der Waals surface area contributed by atoms with E-state index >= 15 is 0 Å². The van der Waals surface area contributed by atoms with Crippen molar-refractivity contribution in [1.82, 2.24) is 0 Å². The zero-order chi connectivity index (χ0) is 15.1. The monoisotopic (exact) mass is 278 g/mol. The lowest BCUT2D eigenvalue weighted by Gasteiger charge is -1.99. The number of methoxy groups -OCH3 is 2. The fourth-order valence-electron chi connectivity index (χ4n) is 1.15. The van der Waals surface area contributed by atoms with Crippen molar-refractivity contribution < 1.29 is 24.0 Å². The quantitative estimate of drug-likeness (QED) is 0.155. The van der Waals surface area contributed by atoms with E-state index in [0.29, 0.717) is 0 Å². The molecule has 0 spiro atoms. The van der Waals surface area contributed by atoms with E-state index in [0.717, 1.165) is 14.2 Å². The van der Waals surface area contributed by atoms with Crippen LogP contribution in [-0.2, 0) is 19.1 Å². The molecule has 8 nitrogen and oxygen atoms in total. The van der Waals surface area contributed by atoms with E-state index < -0.39 is 22.4 Å². The van der Waals surface area contributed by atoms with Gasteiger partial charge in [-0.3, -0.25) is 10.1 Å². The molecule has 0 heterocycles. The molecule has 0 saturated carbocycles. The van der Waals surface area contributed by atoms with Crippen molar-refractivity contribution in [3.63, 3.8) is 0 Å². The van der Waals surface area contributed by atoms with Gasteiger partial charge in [-0.25, -0.2) is 14.6 Å². The molecule has 104 valence electrons. The summed E-state index contributed by atoms with van der Waals surface area (Å²) in [4.78, 5) is 36.3. The smallest absolute Gasteiger partial charge is 0.354 e. The number of esters is 2. The predicted molar refractivity (Wildman–Crippen MR) is 67.7 cm³/mol. The SMILES string of the molecule is COC(=O)C(=C=Nc1ccc([N+](=O)[O-])cc1)C(=O)OC. The zero-order valence-corrected chi connectivity index (χ0v) is 10.7. The average molecular weight is 278 g/mol. The van der Waals surface area contributed by atoms with Crippen LogP contribution in [0.4, 0.5) is 11.4 Å². The van der Waals surface area contributed by atoms with E-state index in [4.69, 9.17) is 0 Å². The molecule has 0 radical (unpaired) electrons. The number of benzene rings is 1. The van der Waals surface area contributed by atoms with E-state index in [9.17, 15) is 19.7 Å². The van der Waals surface area contributed by atoms with Gasteiger partial charge in [-0.1, -0.05) is 0 Å². The third-order valence-electron chi connectivity index (χ3n) is 2.14. The van der Waals surface area contributed by atoms with E-state index in [2.05, 4.69) is 20.3 Å². The molecular formula is C12H10N2O6. The normalized spacial score (nSPS) is 9.10. The van der Waals surface area contributed by atoms with Crippen LogP contribution in [0.15, 0.2) is 34.8 Å². The number of aliphatic imine (C=N–C) groups is 1. The number of nitro benzene ring substituents is 1. The number of ether oxygens (including phenoxy) is 2. The van der Waals surface area contributed by atoms with Crippen molar-refractivity contribution in [2.45, 2.75) is 0 Å². The summed E-state index contributed by atoms with van der Waals surface area (Å²) in [6.45, 7) is 0. The Kier molecular flexibility index (Phi) is 5.13. The molecular weight excluding hydrogens is 268 g/mol. The first-order valence-electron chi connectivity index (χ1n) is 5.24. The summed E-state index contributed by atoms with van der Waals surface area (Å²) in [6, 6.07) is 5.15. The molecule has 1 rings (SSSR count). The third kappa shape index (κ3) is 3.76. The molecule has 0 bridgehead atoms. The maximum absolute atomic E-state index is 11.3. The summed E-state index contributed by atoms with van der Waals surface area (Å²) in [5.41, 5.74) is -0.330. The number of carbonyl (C=O) groups excluding carboxylic acids is 2. The van der Waals surface area contributed by atoms with Gasteiger partial charge in [0.15, 0.2) is 0 Å². The highest BCUT2D eigenvalue weighted by Crippen LogP contribution is 2.17. The van der Waals surface area contributed by atoms with Gasteiger partial charge >= 0.3 is 11.9 Å². The lowest BCUT2D eigenvalue weighted by Crippen LogP contribution is -2.16. The van der Waals surface area contributed by atoms with Crippen LogP contribution in [0.1, 0.15) is 0 Å². The van der Waals surface area contributed by atoms with Crippen molar-refractivity contribution in [1.29, 1.82) is 0 Å². The predicted octanol–water partition coefficient (Wildman–Crippen LogP) is 1.17. The first-order valence-corrected chi connectivity index (χ1v) is 5.24. The fraction of sp³-hybridized carbons (Fsp3) is 0.167. The largest absolute Gasteiger partial charge is 0.465 e. The Morgan fingerprint density at radius 2 is 1.65 bits per heavy atom. The van der Waals surface area contributed by atoms with E-state index in [-0.39, 0.29) is 11.4 Å². The number of nitrogens with zero attached hydrogens (tertiary/aromatic N) is 2. The topological polar surface area (TPSA) is 108 Å². The Morgan fingerprint density at radius 3 is 2.05 bits per heavy atom. The van der Waals surface area contributed by atoms with Crippen LogP contribution in [0.5, 0.6) is 0 Å². The second-order valence-electron chi connectivity index (χ2n) is 3.36. The number of hydrogen-bond donors (Lipinski definition) is 0. The molecule has 20 heavy (non-hydrogen) atoms. The number of hydrogen-bond acceptors (Lipinski definition) is 7. The Bertz CT molecular complexity index is 581. The van der Waals surface area contributed by atoms with Crippen LogP contribution < -0.4 is 0 Å². The molecule has 0 aromatic heterocycles. The van der Waals surface area contributed by atoms with Gasteiger partial charge in [0.05, 0.1) is 24.8 Å².